The first kappa shape index (κ1) is 6.82. The fraction of sp³-hybridized carbons (Fsp3) is 0. The van der Waals surface area contributed by atoms with E-state index in [2.05, 4.69) is 9.97 Å². The third kappa shape index (κ3) is 1.35. The van der Waals surface area contributed by atoms with Crippen LogP contribution in [0.25, 0.3) is 0 Å². The van der Waals surface area contributed by atoms with Gasteiger partial charge < -0.3 is 0 Å². The van der Waals surface area contributed by atoms with Gasteiger partial charge in [0.15, 0.2) is 0 Å². The Morgan fingerprint density at radius 3 is 3.10 bits per heavy atom. The summed E-state index contributed by atoms with van der Waals surface area (Å²) < 4.78 is 0. The first-order chi connectivity index (χ1) is 4.84. The number of nitrogens with one attached hydrogen (secondary N) is 1. The first-order valence-electron chi connectivity index (χ1n) is 2.61. The van der Waals surface area contributed by atoms with Crippen LogP contribution in [0.15, 0.2) is 12.4 Å². The molecule has 0 saturated heterocycles. The van der Waals surface area contributed by atoms with Gasteiger partial charge in [0.2, 0.25) is 0 Å². The van der Waals surface area contributed by atoms with E-state index in [-0.39, 0.29) is 5.59 Å². The van der Waals surface area contributed by atoms with Gasteiger partial charge in [0.1, 0.15) is 0 Å². The molecule has 0 saturated carbocycles. The maximum absolute atomic E-state index is 10.7. The van der Waals surface area contributed by atoms with Crippen molar-refractivity contribution in [2.75, 3.05) is 0 Å². The Morgan fingerprint density at radius 1 is 1.80 bits per heavy atom. The van der Waals surface area contributed by atoms with Gasteiger partial charge in [-0.05, 0) is 0 Å². The minimum absolute atomic E-state index is 0.262. The molecule has 50 valence electrons. The van der Waals surface area contributed by atoms with Crippen molar-refractivity contribution >= 4 is 12.8 Å². The Bertz CT molecular complexity index is 226. The average Bonchev–Trinajstić information content (AvgIpc) is 2.05. The summed E-state index contributed by atoms with van der Waals surface area (Å²) in [5, 5.41) is 0. The van der Waals surface area contributed by atoms with Crippen molar-refractivity contribution in [1.29, 1.82) is 0 Å². The molecule has 1 aromatic heterocycles. The third-order valence-electron chi connectivity index (χ3n) is 0.946. The quantitative estimate of drug-likeness (QED) is 0.277. The fourth-order valence-corrected chi connectivity index (χ4v) is 0.499. The molecule has 0 spiro atoms. The standard InChI is InChI=1S/C4H5BN4O/c6-9-4(10)3-5-1-7-2-8-3/h1-2H,6H2,(H,9,10). The second-order valence-corrected chi connectivity index (χ2v) is 1.57. The molecule has 0 aliphatic rings. The Kier molecular flexibility index (Phi) is 2.06. The van der Waals surface area contributed by atoms with Crippen molar-refractivity contribution < 1.29 is 4.79 Å². The zero-order chi connectivity index (χ0) is 7.40. The molecule has 0 aliphatic heterocycles. The van der Waals surface area contributed by atoms with Crippen molar-refractivity contribution in [2.45, 2.75) is 0 Å². The van der Waals surface area contributed by atoms with Crippen LogP contribution in [-0.2, 0) is 0 Å². The van der Waals surface area contributed by atoms with Gasteiger partial charge in [-0.2, -0.15) is 0 Å². The Balaban J connectivity index is 2.85. The average molecular weight is 136 g/mol. The van der Waals surface area contributed by atoms with E-state index < -0.39 is 5.91 Å². The molecule has 6 heteroatoms. The van der Waals surface area contributed by atoms with E-state index >= 15 is 0 Å². The fourth-order valence-electron chi connectivity index (χ4n) is 0.499. The second kappa shape index (κ2) is 3.02. The summed E-state index contributed by atoms with van der Waals surface area (Å²) in [6.45, 7) is 1.47. The molecule has 0 aromatic carbocycles. The molecule has 1 rings (SSSR count). The summed E-state index contributed by atoms with van der Waals surface area (Å²) in [5.74, 6) is 4.43. The van der Waals surface area contributed by atoms with E-state index in [0.29, 0.717) is 0 Å². The Morgan fingerprint density at radius 2 is 2.60 bits per heavy atom. The zero-order valence-electron chi connectivity index (χ0n) is 5.11. The van der Waals surface area contributed by atoms with E-state index in [0.717, 1.165) is 0 Å². The first-order valence-corrected chi connectivity index (χ1v) is 2.61. The van der Waals surface area contributed by atoms with Gasteiger partial charge in [-0.15, -0.1) is 0 Å². The van der Waals surface area contributed by atoms with Gasteiger partial charge in [0.05, 0.1) is 0 Å². The molecule has 0 fully saturated rings. The van der Waals surface area contributed by atoms with Gasteiger partial charge in [-0.1, -0.05) is 0 Å². The molecule has 1 aromatic rings. The number of carbonyl (C=O) groups is 1. The topological polar surface area (TPSA) is 80.9 Å². The van der Waals surface area contributed by atoms with Crippen LogP contribution in [0.1, 0.15) is 10.4 Å². The molecule has 0 radical (unpaired) electrons. The molecule has 1 amide bonds. The molecule has 0 bridgehead atoms. The number of rotatable bonds is 1. The van der Waals surface area contributed by atoms with Crippen LogP contribution in [0.2, 0.25) is 0 Å². The normalized spacial score (nSPS) is 8.50. The monoisotopic (exact) mass is 136 g/mol. The number of nitrogens with two attached hydrogens (primary N) is 1. The van der Waals surface area contributed by atoms with Gasteiger partial charge in [-0.3, -0.25) is 0 Å². The van der Waals surface area contributed by atoms with Crippen LogP contribution in [0.4, 0.5) is 0 Å². The molecular formula is C4H5BN4O. The predicted molar refractivity (Wildman–Crippen MR) is 35.0 cm³/mol. The van der Waals surface area contributed by atoms with Gasteiger partial charge in [0.25, 0.3) is 0 Å². The molecule has 0 atom stereocenters. The van der Waals surface area contributed by atoms with E-state index in [1.165, 1.54) is 19.3 Å². The third-order valence-corrected chi connectivity index (χ3v) is 0.946. The maximum atomic E-state index is 10.7. The predicted octanol–water partition coefficient (Wildman–Crippen LogP) is -1.58. The van der Waals surface area contributed by atoms with Crippen molar-refractivity contribution in [2.24, 2.45) is 5.84 Å². The summed E-state index contributed by atoms with van der Waals surface area (Å²) in [6, 6.07) is 0. The van der Waals surface area contributed by atoms with Crippen LogP contribution in [0.5, 0.6) is 0 Å². The van der Waals surface area contributed by atoms with Crippen LogP contribution in [-0.4, -0.2) is 22.8 Å². The molecule has 3 N–H and O–H groups in total. The number of hydrogen-bond acceptors (Lipinski definition) is 4. The van der Waals surface area contributed by atoms with E-state index in [1.54, 1.807) is 0 Å². The second-order valence-electron chi connectivity index (χ2n) is 1.57. The zero-order valence-corrected chi connectivity index (χ0v) is 5.11. The van der Waals surface area contributed by atoms with Crippen LogP contribution >= 0.6 is 0 Å². The van der Waals surface area contributed by atoms with Crippen LogP contribution in [0, 0.1) is 0 Å². The molecule has 0 aliphatic carbocycles. The molecule has 1 heterocycles. The number of nitrogen functional groups attached to an aromatic ring is 1. The minimum atomic E-state index is -0.414. The SMILES string of the molecule is NNC(=O)c1bcncn1. The van der Waals surface area contributed by atoms with E-state index in [1.807, 2.05) is 5.43 Å². The number of nitrogens with zero attached hydrogens (tertiary/aromatic N) is 2. The van der Waals surface area contributed by atoms with Gasteiger partial charge >= 0.3 is 56.9 Å². The summed E-state index contributed by atoms with van der Waals surface area (Å²) >= 11 is 0. The summed E-state index contributed by atoms with van der Waals surface area (Å²) in [4.78, 5) is 18.0. The van der Waals surface area contributed by atoms with Crippen molar-refractivity contribution in [3.63, 3.8) is 0 Å². The number of carbonyl (C=O) groups excluding carboxylic acids is 1. The number of amides is 1. The van der Waals surface area contributed by atoms with Crippen molar-refractivity contribution in [3.05, 3.63) is 18.0 Å². The van der Waals surface area contributed by atoms with Gasteiger partial charge in [0, 0.05) is 0 Å². The van der Waals surface area contributed by atoms with Crippen molar-refractivity contribution in [3.8, 4) is 0 Å². The van der Waals surface area contributed by atoms with Crippen LogP contribution in [0.3, 0.4) is 0 Å². The van der Waals surface area contributed by atoms with Crippen molar-refractivity contribution in [1.82, 2.24) is 15.4 Å². The van der Waals surface area contributed by atoms with E-state index in [9.17, 15) is 4.79 Å². The number of aromatic nitrogens is 2. The van der Waals surface area contributed by atoms with Gasteiger partial charge in [-0.25, -0.2) is 0 Å². The summed E-state index contributed by atoms with van der Waals surface area (Å²) in [7, 11) is 0. The molecule has 5 nitrogen and oxygen atoms in total. The Hall–Kier alpha value is -1.30. The van der Waals surface area contributed by atoms with E-state index in [4.69, 9.17) is 5.84 Å². The Labute approximate surface area is 57.9 Å². The molecule has 0 unspecified atom stereocenters. The molecule has 10 heavy (non-hydrogen) atoms. The number of hydrogen-bond donors (Lipinski definition) is 2. The molecular weight excluding hydrogens is 131 g/mol. The van der Waals surface area contributed by atoms with Crippen LogP contribution < -0.4 is 11.3 Å². The number of hydrazine groups is 1. The summed E-state index contributed by atoms with van der Waals surface area (Å²) in [5.41, 5.74) is 2.21. The summed E-state index contributed by atoms with van der Waals surface area (Å²) in [6.07, 6.45) is 2.75.